The molecule has 0 radical (unpaired) electrons. The monoisotopic (exact) mass is 500 g/mol. The molecule has 0 aromatic carbocycles. The minimum atomic E-state index is -2.69. The molecule has 11 heteroatoms. The Balaban J connectivity index is 1.67. The molecule has 36 heavy (non-hydrogen) atoms. The Labute approximate surface area is 204 Å². The van der Waals surface area contributed by atoms with E-state index in [1.165, 1.54) is 16.8 Å². The molecule has 5 rings (SSSR count). The van der Waals surface area contributed by atoms with E-state index in [1.54, 1.807) is 40.1 Å². The van der Waals surface area contributed by atoms with E-state index >= 15 is 0 Å². The maximum Gasteiger partial charge on any atom is 0.283 e. The van der Waals surface area contributed by atoms with Gasteiger partial charge in [0.2, 0.25) is 17.7 Å². The molecule has 0 unspecified atom stereocenters. The molecule has 4 aromatic rings. The average Bonchev–Trinajstić information content (AvgIpc) is 3.44. The number of furan rings is 1. The van der Waals surface area contributed by atoms with E-state index in [4.69, 9.17) is 13.6 Å². The zero-order valence-corrected chi connectivity index (χ0v) is 20.3. The van der Waals surface area contributed by atoms with Gasteiger partial charge in [0, 0.05) is 62.0 Å². The third-order valence-electron chi connectivity index (χ3n) is 6.38. The van der Waals surface area contributed by atoms with Gasteiger partial charge in [-0.15, -0.1) is 10.2 Å². The minimum Gasteiger partial charge on any atom is -0.474 e. The van der Waals surface area contributed by atoms with E-state index in [1.807, 2.05) is 0 Å². The van der Waals surface area contributed by atoms with E-state index in [9.17, 15) is 18.7 Å². The van der Waals surface area contributed by atoms with Crippen molar-refractivity contribution in [3.63, 3.8) is 0 Å². The van der Waals surface area contributed by atoms with Crippen molar-refractivity contribution >= 4 is 11.0 Å². The van der Waals surface area contributed by atoms with Crippen LogP contribution in [-0.4, -0.2) is 36.9 Å². The summed E-state index contributed by atoms with van der Waals surface area (Å²) in [5, 5.41) is 18.7. The van der Waals surface area contributed by atoms with Crippen LogP contribution in [0.3, 0.4) is 0 Å². The predicted octanol–water partition coefficient (Wildman–Crippen LogP) is 4.74. The number of aromatic nitrogens is 4. The molecule has 1 fully saturated rings. The van der Waals surface area contributed by atoms with Crippen LogP contribution >= 0.6 is 0 Å². The molecule has 0 atom stereocenters. The first-order valence-electron chi connectivity index (χ1n) is 11.6. The highest BCUT2D eigenvalue weighted by Gasteiger charge is 2.36. The van der Waals surface area contributed by atoms with Gasteiger partial charge in [-0.05, 0) is 32.8 Å². The highest BCUT2D eigenvalue weighted by atomic mass is 19.3. The fourth-order valence-corrected chi connectivity index (χ4v) is 4.31. The lowest BCUT2D eigenvalue weighted by Gasteiger charge is -2.29. The minimum absolute atomic E-state index is 0.125. The number of fused-ring (bicyclic) bond motifs is 1. The van der Waals surface area contributed by atoms with Crippen LogP contribution in [0.25, 0.3) is 33.7 Å². The Morgan fingerprint density at radius 1 is 1.17 bits per heavy atom. The zero-order valence-electron chi connectivity index (χ0n) is 20.3. The lowest BCUT2D eigenvalue weighted by atomic mass is 9.94. The lowest BCUT2D eigenvalue weighted by Crippen LogP contribution is -2.31. The van der Waals surface area contributed by atoms with Crippen LogP contribution in [0.4, 0.5) is 8.78 Å². The first-order valence-corrected chi connectivity index (χ1v) is 11.6. The molecule has 190 valence electrons. The number of ether oxygens (including phenoxy) is 1. The normalized spacial score (nSPS) is 16.5. The third kappa shape index (κ3) is 4.50. The number of hydrogen-bond acceptors (Lipinski definition) is 8. The van der Waals surface area contributed by atoms with Crippen molar-refractivity contribution in [2.24, 2.45) is 7.05 Å². The van der Waals surface area contributed by atoms with Gasteiger partial charge < -0.3 is 23.2 Å². The number of hydrogen-bond donors (Lipinski definition) is 1. The summed E-state index contributed by atoms with van der Waals surface area (Å²) in [5.74, 6) is -1.81. The fraction of sp³-hybridized carbons (Fsp3) is 0.440. The van der Waals surface area contributed by atoms with Gasteiger partial charge in [-0.2, -0.15) is 0 Å². The highest BCUT2D eigenvalue weighted by Crippen LogP contribution is 2.40. The van der Waals surface area contributed by atoms with Crippen molar-refractivity contribution in [3.8, 4) is 28.7 Å². The summed E-state index contributed by atoms with van der Waals surface area (Å²) in [4.78, 5) is 17.4. The number of alkyl halides is 2. The van der Waals surface area contributed by atoms with Gasteiger partial charge in [0.15, 0.2) is 5.76 Å². The Hall–Kier alpha value is -3.60. The van der Waals surface area contributed by atoms with Crippen molar-refractivity contribution in [2.45, 2.75) is 64.1 Å². The quantitative estimate of drug-likeness (QED) is 0.418. The van der Waals surface area contributed by atoms with Crippen LogP contribution in [0.1, 0.15) is 51.0 Å². The number of rotatable bonds is 5. The maximum absolute atomic E-state index is 13.7. The maximum atomic E-state index is 13.7. The average molecular weight is 501 g/mol. The van der Waals surface area contributed by atoms with Crippen LogP contribution in [0, 0.1) is 6.92 Å². The number of nitrogens with zero attached hydrogens (tertiary/aromatic N) is 4. The number of pyridine rings is 2. The molecule has 0 amide bonds. The summed E-state index contributed by atoms with van der Waals surface area (Å²) in [5.41, 5.74) is 0.158. The Bertz CT molecular complexity index is 1490. The third-order valence-corrected chi connectivity index (χ3v) is 6.38. The van der Waals surface area contributed by atoms with Crippen molar-refractivity contribution in [2.75, 3.05) is 0 Å². The fourth-order valence-electron chi connectivity index (χ4n) is 4.31. The SMILES string of the molecule is Cc1nnc(-c2cc3c(=O)n(C)cc(-c4cc(C(C)(C)O)cnc4OC4CCC(F)(F)CC4)c3o2)o1. The van der Waals surface area contributed by atoms with Gasteiger partial charge >= 0.3 is 0 Å². The molecule has 1 aliphatic rings. The topological polar surface area (TPSA) is 116 Å². The van der Waals surface area contributed by atoms with E-state index in [0.29, 0.717) is 22.6 Å². The van der Waals surface area contributed by atoms with Crippen LogP contribution < -0.4 is 10.3 Å². The molecule has 1 saturated carbocycles. The smallest absolute Gasteiger partial charge is 0.283 e. The summed E-state index contributed by atoms with van der Waals surface area (Å²) in [6, 6.07) is 3.24. The van der Waals surface area contributed by atoms with Gasteiger partial charge in [-0.3, -0.25) is 4.79 Å². The van der Waals surface area contributed by atoms with Gasteiger partial charge in [0.1, 0.15) is 11.7 Å². The molecule has 4 aromatic heterocycles. The summed E-state index contributed by atoms with van der Waals surface area (Å²) in [7, 11) is 1.60. The first kappa shape index (κ1) is 24.1. The number of aryl methyl sites for hydroxylation is 2. The number of halogens is 2. The standard InChI is InChI=1S/C25H26F2N4O5/c1-13-29-30-22(34-13)19-10-17-20(36-19)18(12-31(4)23(17)32)16-9-14(24(2,3)33)11-28-21(16)35-15-5-7-25(26,27)8-6-15/h9-12,15,33H,5-8H2,1-4H3. The van der Waals surface area contributed by atoms with Crippen molar-refractivity contribution in [1.82, 2.24) is 19.7 Å². The van der Waals surface area contributed by atoms with Crippen molar-refractivity contribution < 1.29 is 27.5 Å². The van der Waals surface area contributed by atoms with Crippen LogP contribution in [0.15, 0.2) is 38.2 Å². The Morgan fingerprint density at radius 2 is 1.89 bits per heavy atom. The molecular formula is C25H26F2N4O5. The van der Waals surface area contributed by atoms with Gasteiger partial charge in [-0.1, -0.05) is 0 Å². The Kier molecular flexibility index (Phi) is 5.70. The molecule has 0 saturated heterocycles. The number of aliphatic hydroxyl groups is 1. The van der Waals surface area contributed by atoms with Crippen LogP contribution in [0.2, 0.25) is 0 Å². The highest BCUT2D eigenvalue weighted by molar-refractivity contribution is 5.94. The molecule has 4 heterocycles. The molecule has 1 aliphatic carbocycles. The second kappa shape index (κ2) is 8.51. The molecule has 0 aliphatic heterocycles. The van der Waals surface area contributed by atoms with Crippen molar-refractivity contribution in [3.05, 3.63) is 46.3 Å². The van der Waals surface area contributed by atoms with Crippen molar-refractivity contribution in [1.29, 1.82) is 0 Å². The Morgan fingerprint density at radius 3 is 2.53 bits per heavy atom. The molecule has 0 spiro atoms. The molecule has 1 N–H and O–H groups in total. The molecular weight excluding hydrogens is 474 g/mol. The molecule has 0 bridgehead atoms. The van der Waals surface area contributed by atoms with E-state index < -0.39 is 17.6 Å². The summed E-state index contributed by atoms with van der Waals surface area (Å²) in [6.45, 7) is 4.88. The van der Waals surface area contributed by atoms with E-state index in [2.05, 4.69) is 15.2 Å². The largest absolute Gasteiger partial charge is 0.474 e. The zero-order chi connectivity index (χ0) is 25.8. The predicted molar refractivity (Wildman–Crippen MR) is 126 cm³/mol. The first-order chi connectivity index (χ1) is 16.9. The molecule has 9 nitrogen and oxygen atoms in total. The van der Waals surface area contributed by atoms with Gasteiger partial charge in [0.05, 0.1) is 11.0 Å². The second-order valence-corrected chi connectivity index (χ2v) is 9.75. The van der Waals surface area contributed by atoms with Crippen LogP contribution in [-0.2, 0) is 12.6 Å². The van der Waals surface area contributed by atoms with E-state index in [0.717, 1.165) is 0 Å². The summed E-state index contributed by atoms with van der Waals surface area (Å²) in [6.07, 6.45) is 2.49. The second-order valence-electron chi connectivity index (χ2n) is 9.75. The van der Waals surface area contributed by atoms with Crippen LogP contribution in [0.5, 0.6) is 5.88 Å². The van der Waals surface area contributed by atoms with Gasteiger partial charge in [0.25, 0.3) is 11.4 Å². The van der Waals surface area contributed by atoms with Gasteiger partial charge in [-0.25, -0.2) is 13.8 Å². The van der Waals surface area contributed by atoms with E-state index in [-0.39, 0.29) is 59.7 Å². The lowest BCUT2D eigenvalue weighted by molar-refractivity contribution is -0.0587. The summed E-state index contributed by atoms with van der Waals surface area (Å²) >= 11 is 0. The summed E-state index contributed by atoms with van der Waals surface area (Å²) < 4.78 is 46.4.